The Morgan fingerprint density at radius 1 is 1.00 bits per heavy atom. The number of hydrogen-bond acceptors (Lipinski definition) is 2. The molecule has 0 unspecified atom stereocenters. The SMILES string of the molecule is C/C(=N/N=C(N)N)c1c(-c2ccc(Cl)cc2)n(C)c2ccccc12. The first kappa shape index (κ1) is 16.1. The normalized spacial score (nSPS) is 11.7. The first-order chi connectivity index (χ1) is 11.5. The van der Waals surface area contributed by atoms with Crippen molar-refractivity contribution in [3.63, 3.8) is 0 Å². The van der Waals surface area contributed by atoms with E-state index in [9.17, 15) is 0 Å². The Kier molecular flexibility index (Phi) is 4.27. The number of nitrogens with zero attached hydrogens (tertiary/aromatic N) is 3. The number of hydrogen-bond donors (Lipinski definition) is 2. The second-order valence-corrected chi connectivity index (χ2v) is 5.95. The molecule has 0 bridgehead atoms. The van der Waals surface area contributed by atoms with E-state index in [0.29, 0.717) is 5.02 Å². The zero-order chi connectivity index (χ0) is 17.3. The zero-order valence-electron chi connectivity index (χ0n) is 13.5. The number of rotatable bonds is 3. The van der Waals surface area contributed by atoms with E-state index >= 15 is 0 Å². The fourth-order valence-electron chi connectivity index (χ4n) is 2.89. The molecule has 0 aliphatic carbocycles. The lowest BCUT2D eigenvalue weighted by Crippen LogP contribution is -2.22. The van der Waals surface area contributed by atoms with Gasteiger partial charge in [-0.2, -0.15) is 5.10 Å². The van der Waals surface area contributed by atoms with Crippen LogP contribution in [0.1, 0.15) is 12.5 Å². The third-order valence-corrected chi connectivity index (χ3v) is 4.15. The Morgan fingerprint density at radius 3 is 2.33 bits per heavy atom. The summed E-state index contributed by atoms with van der Waals surface area (Å²) in [4.78, 5) is 0. The molecule has 0 saturated carbocycles. The van der Waals surface area contributed by atoms with E-state index < -0.39 is 0 Å². The highest BCUT2D eigenvalue weighted by Gasteiger charge is 2.18. The van der Waals surface area contributed by atoms with Crippen molar-refractivity contribution in [2.75, 3.05) is 0 Å². The van der Waals surface area contributed by atoms with Crippen molar-refractivity contribution < 1.29 is 0 Å². The molecular formula is C18H18ClN5. The van der Waals surface area contributed by atoms with Gasteiger partial charge in [-0.05, 0) is 30.7 Å². The van der Waals surface area contributed by atoms with Gasteiger partial charge in [0, 0.05) is 28.5 Å². The van der Waals surface area contributed by atoms with Crippen LogP contribution in [-0.2, 0) is 7.05 Å². The summed E-state index contributed by atoms with van der Waals surface area (Å²) in [5, 5.41) is 9.77. The van der Waals surface area contributed by atoms with Crippen LogP contribution in [-0.4, -0.2) is 16.2 Å². The smallest absolute Gasteiger partial charge is 0.211 e. The molecule has 4 N–H and O–H groups in total. The molecule has 6 heteroatoms. The lowest BCUT2D eigenvalue weighted by atomic mass is 10.0. The van der Waals surface area contributed by atoms with Crippen molar-refractivity contribution in [2.45, 2.75) is 6.92 Å². The molecule has 0 atom stereocenters. The molecule has 24 heavy (non-hydrogen) atoms. The van der Waals surface area contributed by atoms with E-state index in [1.54, 1.807) is 0 Å². The molecule has 122 valence electrons. The van der Waals surface area contributed by atoms with Gasteiger partial charge in [0.2, 0.25) is 5.96 Å². The number of aromatic nitrogens is 1. The van der Waals surface area contributed by atoms with E-state index in [1.807, 2.05) is 50.4 Å². The highest BCUT2D eigenvalue weighted by molar-refractivity contribution is 6.30. The molecule has 0 saturated heterocycles. The van der Waals surface area contributed by atoms with Crippen LogP contribution in [0.15, 0.2) is 58.7 Å². The number of nitrogens with two attached hydrogens (primary N) is 2. The van der Waals surface area contributed by atoms with E-state index in [0.717, 1.165) is 33.4 Å². The maximum atomic E-state index is 6.03. The van der Waals surface area contributed by atoms with Gasteiger partial charge in [0.1, 0.15) is 0 Å². The topological polar surface area (TPSA) is 81.7 Å². The van der Waals surface area contributed by atoms with E-state index in [1.165, 1.54) is 0 Å². The standard InChI is InChI=1S/C18H18ClN5/c1-11(22-23-18(20)21)16-14-5-3-4-6-15(14)24(2)17(16)12-7-9-13(19)10-8-12/h3-10H,1-2H3,(H4,20,21,23)/b22-11-. The summed E-state index contributed by atoms with van der Waals surface area (Å²) in [5.74, 6) is -0.0670. The van der Waals surface area contributed by atoms with Crippen molar-refractivity contribution in [3.8, 4) is 11.3 Å². The Hall–Kier alpha value is -2.79. The van der Waals surface area contributed by atoms with E-state index in [4.69, 9.17) is 23.1 Å². The van der Waals surface area contributed by atoms with Gasteiger partial charge >= 0.3 is 0 Å². The molecular weight excluding hydrogens is 322 g/mol. The van der Waals surface area contributed by atoms with Crippen LogP contribution < -0.4 is 11.5 Å². The molecule has 3 aromatic rings. The Bertz CT molecular complexity index is 947. The average molecular weight is 340 g/mol. The van der Waals surface area contributed by atoms with Crippen LogP contribution >= 0.6 is 11.6 Å². The second kappa shape index (κ2) is 6.37. The number of guanidine groups is 1. The van der Waals surface area contributed by atoms with Gasteiger partial charge in [-0.3, -0.25) is 0 Å². The molecule has 0 spiro atoms. The predicted octanol–water partition coefficient (Wildman–Crippen LogP) is 3.50. The van der Waals surface area contributed by atoms with Gasteiger partial charge in [0.15, 0.2) is 0 Å². The summed E-state index contributed by atoms with van der Waals surface area (Å²) >= 11 is 6.03. The van der Waals surface area contributed by atoms with Crippen molar-refractivity contribution in [1.82, 2.24) is 4.57 Å². The molecule has 2 aromatic carbocycles. The van der Waals surface area contributed by atoms with E-state index in [2.05, 4.69) is 26.9 Å². The molecule has 1 heterocycles. The van der Waals surface area contributed by atoms with Crippen LogP contribution in [0.25, 0.3) is 22.2 Å². The molecule has 5 nitrogen and oxygen atoms in total. The number of fused-ring (bicyclic) bond motifs is 1. The van der Waals surface area contributed by atoms with Crippen LogP contribution in [0, 0.1) is 0 Å². The first-order valence-electron chi connectivity index (χ1n) is 7.46. The van der Waals surface area contributed by atoms with Gasteiger partial charge < -0.3 is 16.0 Å². The minimum atomic E-state index is -0.0670. The maximum absolute atomic E-state index is 6.03. The maximum Gasteiger partial charge on any atom is 0.211 e. The third kappa shape index (κ3) is 2.86. The summed E-state index contributed by atoms with van der Waals surface area (Å²) < 4.78 is 2.14. The Balaban J connectivity index is 2.33. The predicted molar refractivity (Wildman–Crippen MR) is 101 cm³/mol. The first-order valence-corrected chi connectivity index (χ1v) is 7.83. The summed E-state index contributed by atoms with van der Waals surface area (Å²) in [6.07, 6.45) is 0. The second-order valence-electron chi connectivity index (χ2n) is 5.52. The highest BCUT2D eigenvalue weighted by Crippen LogP contribution is 2.34. The number of para-hydroxylation sites is 1. The molecule has 1 aromatic heterocycles. The van der Waals surface area contributed by atoms with Crippen molar-refractivity contribution in [1.29, 1.82) is 0 Å². The van der Waals surface area contributed by atoms with Crippen LogP contribution in [0.5, 0.6) is 0 Å². The van der Waals surface area contributed by atoms with Gasteiger partial charge in [-0.25, -0.2) is 0 Å². The van der Waals surface area contributed by atoms with Crippen LogP contribution in [0.3, 0.4) is 0 Å². The van der Waals surface area contributed by atoms with Gasteiger partial charge in [0.25, 0.3) is 0 Å². The molecule has 3 rings (SSSR count). The highest BCUT2D eigenvalue weighted by atomic mass is 35.5. The minimum absolute atomic E-state index is 0.0670. The van der Waals surface area contributed by atoms with Gasteiger partial charge in [-0.15, -0.1) is 5.10 Å². The summed E-state index contributed by atoms with van der Waals surface area (Å²) in [6.45, 7) is 1.90. The molecule has 0 aliphatic rings. The van der Waals surface area contributed by atoms with Crippen molar-refractivity contribution in [3.05, 3.63) is 59.1 Å². The van der Waals surface area contributed by atoms with Crippen molar-refractivity contribution in [2.24, 2.45) is 28.7 Å². The largest absolute Gasteiger partial charge is 0.369 e. The molecule has 0 fully saturated rings. The quantitative estimate of drug-likeness (QED) is 0.435. The molecule has 0 aliphatic heterocycles. The average Bonchev–Trinajstić information content (AvgIpc) is 2.87. The Morgan fingerprint density at radius 2 is 1.67 bits per heavy atom. The molecule has 0 radical (unpaired) electrons. The number of benzene rings is 2. The number of halogens is 1. The Labute approximate surface area is 145 Å². The lowest BCUT2D eigenvalue weighted by Gasteiger charge is -2.08. The fraction of sp³-hybridized carbons (Fsp3) is 0.111. The molecule has 0 amide bonds. The summed E-state index contributed by atoms with van der Waals surface area (Å²) in [7, 11) is 2.03. The lowest BCUT2D eigenvalue weighted by molar-refractivity contribution is 0.977. The summed E-state index contributed by atoms with van der Waals surface area (Å²) in [6, 6.07) is 15.9. The van der Waals surface area contributed by atoms with E-state index in [-0.39, 0.29) is 5.96 Å². The zero-order valence-corrected chi connectivity index (χ0v) is 14.2. The third-order valence-electron chi connectivity index (χ3n) is 3.90. The van der Waals surface area contributed by atoms with Gasteiger partial charge in [-0.1, -0.05) is 41.9 Å². The monoisotopic (exact) mass is 339 g/mol. The van der Waals surface area contributed by atoms with Crippen molar-refractivity contribution >= 4 is 34.2 Å². The fourth-order valence-corrected chi connectivity index (χ4v) is 3.01. The van der Waals surface area contributed by atoms with Crippen LogP contribution in [0.4, 0.5) is 0 Å². The minimum Gasteiger partial charge on any atom is -0.369 e. The number of aryl methyl sites for hydroxylation is 1. The van der Waals surface area contributed by atoms with Gasteiger partial charge in [0.05, 0.1) is 11.4 Å². The summed E-state index contributed by atoms with van der Waals surface area (Å²) in [5.41, 5.74) is 15.7. The van der Waals surface area contributed by atoms with Crippen LogP contribution in [0.2, 0.25) is 5.02 Å².